The second kappa shape index (κ2) is 19.6. The first-order valence-corrected chi connectivity index (χ1v) is 14.8. The van der Waals surface area contributed by atoms with Gasteiger partial charge in [0.25, 0.3) is 7.82 Å². The van der Waals surface area contributed by atoms with E-state index >= 15 is 0 Å². The third-order valence-corrected chi connectivity index (χ3v) is 5.90. The highest BCUT2D eigenvalue weighted by Crippen LogP contribution is 2.38. The van der Waals surface area contributed by atoms with Crippen LogP contribution in [0, 0.1) is 0 Å². The Labute approximate surface area is 204 Å². The monoisotopic (exact) mass is 533 g/mol. The molecule has 0 aliphatic rings. The first-order chi connectivity index (χ1) is 15.7. The van der Waals surface area contributed by atoms with Gasteiger partial charge in [-0.1, -0.05) is 46.6 Å². The van der Waals surface area contributed by atoms with Crippen LogP contribution in [0.15, 0.2) is 12.2 Å². The van der Waals surface area contributed by atoms with Gasteiger partial charge in [-0.2, -0.15) is 0 Å². The number of esters is 1. The molecule has 0 saturated heterocycles. The van der Waals surface area contributed by atoms with Crippen LogP contribution < -0.4 is 4.89 Å². The zero-order chi connectivity index (χ0) is 26.7. The minimum Gasteiger partial charge on any atom is -0.756 e. The van der Waals surface area contributed by atoms with E-state index in [2.05, 4.69) is 27.4 Å². The fourth-order valence-corrected chi connectivity index (χ4v) is 3.90. The second-order valence-electron chi connectivity index (χ2n) is 8.19. The molecule has 204 valence electrons. The van der Waals surface area contributed by atoms with Crippen molar-refractivity contribution >= 4 is 21.6 Å². The Bertz CT molecular complexity index is 623. The van der Waals surface area contributed by atoms with Crippen molar-refractivity contribution in [1.29, 1.82) is 0 Å². The number of hydrogen-bond acceptors (Lipinski definition) is 7. The minimum atomic E-state index is -4.64. The van der Waals surface area contributed by atoms with E-state index < -0.39 is 21.6 Å². The maximum atomic E-state index is 11.9. The van der Waals surface area contributed by atoms with E-state index in [1.807, 2.05) is 0 Å². The van der Waals surface area contributed by atoms with Crippen molar-refractivity contribution < 1.29 is 51.8 Å². The molecule has 13 heteroatoms. The SMILES string of the molecule is C=C(C)C(=O)OCCOP(=O)([O-])OCCC[N+](CCCC)(CCCC)CCCC.O=P(O)(O)O. The molecule has 0 saturated carbocycles. The fourth-order valence-electron chi connectivity index (χ4n) is 3.17. The Morgan fingerprint density at radius 3 is 1.59 bits per heavy atom. The smallest absolute Gasteiger partial charge is 0.466 e. The zero-order valence-corrected chi connectivity index (χ0v) is 22.9. The maximum absolute atomic E-state index is 11.9. The van der Waals surface area contributed by atoms with Crippen LogP contribution in [0.1, 0.15) is 72.6 Å². The number of carbonyl (C=O) groups excluding carboxylic acids is 1. The molecule has 3 N–H and O–H groups in total. The van der Waals surface area contributed by atoms with Gasteiger partial charge in [0.1, 0.15) is 6.61 Å². The number of nitrogens with zero attached hydrogens (tertiary/aromatic N) is 1. The summed E-state index contributed by atoms with van der Waals surface area (Å²) in [5.41, 5.74) is 0.252. The van der Waals surface area contributed by atoms with Gasteiger partial charge in [-0.05, 0) is 26.2 Å². The zero-order valence-electron chi connectivity index (χ0n) is 21.1. The highest BCUT2D eigenvalue weighted by atomic mass is 31.2. The Kier molecular flexibility index (Phi) is 20.5. The predicted octanol–water partition coefficient (Wildman–Crippen LogP) is 3.29. The molecule has 1 unspecified atom stereocenters. The van der Waals surface area contributed by atoms with Gasteiger partial charge in [-0.3, -0.25) is 4.57 Å². The van der Waals surface area contributed by atoms with E-state index in [-0.39, 0.29) is 25.4 Å². The molecule has 0 heterocycles. The van der Waals surface area contributed by atoms with Crippen LogP contribution in [-0.4, -0.2) is 71.1 Å². The number of phosphoric ester groups is 1. The normalized spacial score (nSPS) is 13.5. The summed E-state index contributed by atoms with van der Waals surface area (Å²) in [6, 6.07) is 0. The topological polar surface area (TPSA) is 163 Å². The van der Waals surface area contributed by atoms with Crippen molar-refractivity contribution in [3.63, 3.8) is 0 Å². The highest BCUT2D eigenvalue weighted by Gasteiger charge is 2.25. The molecule has 0 bridgehead atoms. The summed E-state index contributed by atoms with van der Waals surface area (Å²) in [4.78, 5) is 44.7. The standard InChI is InChI=1S/C21H42NO6P.H3O4P/c1-6-9-13-22(14-10-7-2,15-11-8-3)16-12-17-27-29(24,25)28-19-18-26-21(23)20(4)5;1-5(2,3)4/h4,6-19H2,1-3,5H3;(H3,1,2,3,4). The molecule has 34 heavy (non-hydrogen) atoms. The number of ether oxygens (including phenoxy) is 1. The quantitative estimate of drug-likeness (QED) is 0.0738. The summed E-state index contributed by atoms with van der Waals surface area (Å²) < 4.78 is 36.3. The molecule has 0 aliphatic carbocycles. The maximum Gasteiger partial charge on any atom is 0.466 e. The number of hydrogen-bond donors (Lipinski definition) is 3. The first kappa shape index (κ1) is 35.6. The molecule has 11 nitrogen and oxygen atoms in total. The van der Waals surface area contributed by atoms with Gasteiger partial charge >= 0.3 is 13.8 Å². The van der Waals surface area contributed by atoms with Crippen molar-refractivity contribution in [2.75, 3.05) is 46.0 Å². The molecule has 0 aromatic carbocycles. The lowest BCUT2D eigenvalue weighted by Crippen LogP contribution is -2.51. The summed E-state index contributed by atoms with van der Waals surface area (Å²) >= 11 is 0. The Balaban J connectivity index is 0. The van der Waals surface area contributed by atoms with Gasteiger partial charge < -0.3 is 37.8 Å². The van der Waals surface area contributed by atoms with Crippen molar-refractivity contribution in [2.45, 2.75) is 72.6 Å². The molecular formula is C21H45NO10P2. The van der Waals surface area contributed by atoms with Crippen molar-refractivity contribution in [2.24, 2.45) is 0 Å². The van der Waals surface area contributed by atoms with E-state index in [0.717, 1.165) is 49.9 Å². The lowest BCUT2D eigenvalue weighted by Gasteiger charge is -2.39. The molecule has 0 aromatic heterocycles. The second-order valence-corrected chi connectivity index (χ2v) is 10.6. The summed E-state index contributed by atoms with van der Waals surface area (Å²) in [6.07, 6.45) is 7.69. The van der Waals surface area contributed by atoms with Crippen molar-refractivity contribution in [1.82, 2.24) is 0 Å². The summed E-state index contributed by atoms with van der Waals surface area (Å²) in [7, 11) is -9.03. The lowest BCUT2D eigenvalue weighted by molar-refractivity contribution is -0.929. The molecule has 0 radical (unpaired) electrons. The third kappa shape index (κ3) is 23.1. The van der Waals surface area contributed by atoms with E-state index in [0.29, 0.717) is 6.42 Å². The van der Waals surface area contributed by atoms with E-state index in [1.54, 1.807) is 0 Å². The van der Waals surface area contributed by atoms with Gasteiger partial charge in [-0.25, -0.2) is 9.36 Å². The van der Waals surface area contributed by atoms with Crippen LogP contribution in [0.3, 0.4) is 0 Å². The van der Waals surface area contributed by atoms with Crippen molar-refractivity contribution in [3.8, 4) is 0 Å². The van der Waals surface area contributed by atoms with Crippen molar-refractivity contribution in [3.05, 3.63) is 12.2 Å². The van der Waals surface area contributed by atoms with Crippen LogP contribution in [0.25, 0.3) is 0 Å². The van der Waals surface area contributed by atoms with E-state index in [4.69, 9.17) is 33.0 Å². The van der Waals surface area contributed by atoms with Crippen LogP contribution >= 0.6 is 15.6 Å². The predicted molar refractivity (Wildman–Crippen MR) is 129 cm³/mol. The highest BCUT2D eigenvalue weighted by molar-refractivity contribution is 7.45. The van der Waals surface area contributed by atoms with Crippen LogP contribution in [0.4, 0.5) is 0 Å². The van der Waals surface area contributed by atoms with Gasteiger partial charge in [0.15, 0.2) is 0 Å². The Morgan fingerprint density at radius 2 is 1.21 bits per heavy atom. The molecule has 0 rings (SSSR count). The van der Waals surface area contributed by atoms with Gasteiger partial charge in [-0.15, -0.1) is 0 Å². The largest absolute Gasteiger partial charge is 0.756 e. The summed E-state index contributed by atoms with van der Waals surface area (Å²) in [5, 5.41) is 0. The number of unbranched alkanes of at least 4 members (excludes halogenated alkanes) is 3. The lowest BCUT2D eigenvalue weighted by atomic mass is 10.1. The van der Waals surface area contributed by atoms with Crippen LogP contribution in [0.2, 0.25) is 0 Å². The molecule has 0 aliphatic heterocycles. The minimum absolute atomic E-state index is 0.108. The third-order valence-electron chi connectivity index (χ3n) is 4.90. The molecule has 0 amide bonds. The Hall–Kier alpha value is -0.610. The number of carbonyl (C=O) groups is 1. The number of quaternary nitrogens is 1. The van der Waals surface area contributed by atoms with Gasteiger partial charge in [0.05, 0.1) is 39.4 Å². The van der Waals surface area contributed by atoms with Crippen LogP contribution in [-0.2, 0) is 27.7 Å². The molecule has 0 aromatic rings. The van der Waals surface area contributed by atoms with Gasteiger partial charge in [0.2, 0.25) is 0 Å². The molecule has 1 atom stereocenters. The first-order valence-electron chi connectivity index (χ1n) is 11.8. The van der Waals surface area contributed by atoms with Gasteiger partial charge in [0, 0.05) is 12.0 Å². The average molecular weight is 534 g/mol. The fraction of sp³-hybridized carbons (Fsp3) is 0.857. The number of rotatable bonds is 19. The average Bonchev–Trinajstić information content (AvgIpc) is 2.73. The van der Waals surface area contributed by atoms with Crippen LogP contribution in [0.5, 0.6) is 0 Å². The molecule has 0 spiro atoms. The molecule has 0 fully saturated rings. The molecular weight excluding hydrogens is 488 g/mol. The van der Waals surface area contributed by atoms with E-state index in [1.165, 1.54) is 26.2 Å². The Morgan fingerprint density at radius 1 is 0.824 bits per heavy atom. The summed E-state index contributed by atoms with van der Waals surface area (Å²) in [6.45, 7) is 15.6. The van der Waals surface area contributed by atoms with E-state index in [9.17, 15) is 14.3 Å². The number of phosphoric acid groups is 2. The summed E-state index contributed by atoms with van der Waals surface area (Å²) in [5.74, 6) is -0.574.